The maximum atomic E-state index is 13.6. The van der Waals surface area contributed by atoms with E-state index in [1.54, 1.807) is 43.5 Å². The monoisotopic (exact) mass is 514 g/mol. The van der Waals surface area contributed by atoms with Crippen LogP contribution in [-0.2, 0) is 14.8 Å². The van der Waals surface area contributed by atoms with Crippen molar-refractivity contribution in [1.82, 2.24) is 5.32 Å². The van der Waals surface area contributed by atoms with Crippen LogP contribution in [0.2, 0.25) is 0 Å². The van der Waals surface area contributed by atoms with E-state index in [-0.39, 0.29) is 23.8 Å². The van der Waals surface area contributed by atoms with Crippen LogP contribution in [0.1, 0.15) is 5.56 Å². The number of nitrogens with zero attached hydrogens (tertiary/aromatic N) is 1. The summed E-state index contributed by atoms with van der Waals surface area (Å²) in [5.74, 6) is 1.30. The Morgan fingerprint density at radius 2 is 1.44 bits per heavy atom. The minimum atomic E-state index is -4.11. The van der Waals surface area contributed by atoms with Gasteiger partial charge in [-0.15, -0.1) is 0 Å². The van der Waals surface area contributed by atoms with Crippen LogP contribution in [0.5, 0.6) is 23.0 Å². The molecule has 0 aliphatic rings. The molecule has 36 heavy (non-hydrogen) atoms. The molecule has 3 aromatic carbocycles. The number of benzene rings is 3. The fraction of sp³-hybridized carbons (Fsp3) is 0.269. The third-order valence-electron chi connectivity index (χ3n) is 5.30. The molecule has 3 rings (SSSR count). The van der Waals surface area contributed by atoms with E-state index < -0.39 is 22.5 Å². The van der Waals surface area contributed by atoms with Gasteiger partial charge in [-0.3, -0.25) is 9.10 Å². The molecule has 0 saturated heterocycles. The van der Waals surface area contributed by atoms with E-state index in [2.05, 4.69) is 5.32 Å². The molecule has 0 aromatic heterocycles. The number of anilines is 1. The van der Waals surface area contributed by atoms with Crippen LogP contribution in [-0.4, -0.2) is 55.4 Å². The zero-order valence-corrected chi connectivity index (χ0v) is 21.5. The van der Waals surface area contributed by atoms with Crippen LogP contribution >= 0.6 is 0 Å². The highest BCUT2D eigenvalue weighted by Gasteiger charge is 2.28. The Labute approximate surface area is 211 Å². The summed E-state index contributed by atoms with van der Waals surface area (Å²) in [4.78, 5) is 12.8. The molecule has 0 atom stereocenters. The summed E-state index contributed by atoms with van der Waals surface area (Å²) < 4.78 is 49.7. The fourth-order valence-corrected chi connectivity index (χ4v) is 4.84. The normalized spacial score (nSPS) is 10.9. The molecule has 3 aromatic rings. The molecule has 1 amide bonds. The summed E-state index contributed by atoms with van der Waals surface area (Å²) in [7, 11) is 0.319. The zero-order valence-electron chi connectivity index (χ0n) is 20.7. The first-order valence-corrected chi connectivity index (χ1v) is 12.6. The SMILES string of the molecule is COc1ccc(S(=O)(=O)N(CC(=O)NCCOc2ccccc2OC)c2ccc(C)cc2)cc1OC. The van der Waals surface area contributed by atoms with Crippen LogP contribution in [0.15, 0.2) is 71.6 Å². The number of carbonyl (C=O) groups is 1. The predicted molar refractivity (Wildman–Crippen MR) is 137 cm³/mol. The second kappa shape index (κ2) is 12.2. The van der Waals surface area contributed by atoms with Gasteiger partial charge in [-0.2, -0.15) is 0 Å². The molecule has 0 aliphatic carbocycles. The van der Waals surface area contributed by atoms with Crippen molar-refractivity contribution in [2.24, 2.45) is 0 Å². The van der Waals surface area contributed by atoms with Gasteiger partial charge in [0, 0.05) is 6.07 Å². The average molecular weight is 515 g/mol. The zero-order chi connectivity index (χ0) is 26.1. The van der Waals surface area contributed by atoms with E-state index in [1.807, 2.05) is 19.1 Å². The number of carbonyl (C=O) groups excluding carboxylic acids is 1. The van der Waals surface area contributed by atoms with Crippen LogP contribution in [0.25, 0.3) is 0 Å². The van der Waals surface area contributed by atoms with Gasteiger partial charge < -0.3 is 24.3 Å². The Balaban J connectivity index is 1.76. The molecule has 9 nitrogen and oxygen atoms in total. The standard InChI is InChI=1S/C26H30N2O7S/c1-19-9-11-20(12-10-19)28(36(30,31)21-13-14-23(33-3)25(17-21)34-4)18-26(29)27-15-16-35-24-8-6-5-7-22(24)32-2/h5-14,17H,15-16,18H2,1-4H3,(H,27,29). The maximum absolute atomic E-state index is 13.6. The highest BCUT2D eigenvalue weighted by atomic mass is 32.2. The number of sulfonamides is 1. The number of ether oxygens (including phenoxy) is 4. The maximum Gasteiger partial charge on any atom is 0.264 e. The lowest BCUT2D eigenvalue weighted by Gasteiger charge is -2.24. The quantitative estimate of drug-likeness (QED) is 0.370. The van der Waals surface area contributed by atoms with Gasteiger partial charge in [-0.25, -0.2) is 8.42 Å². The van der Waals surface area contributed by atoms with Crippen molar-refractivity contribution in [3.63, 3.8) is 0 Å². The van der Waals surface area contributed by atoms with E-state index >= 15 is 0 Å². The molecule has 0 aliphatic heterocycles. The molecular weight excluding hydrogens is 484 g/mol. The molecule has 0 bridgehead atoms. The van der Waals surface area contributed by atoms with Gasteiger partial charge in [0.2, 0.25) is 5.91 Å². The molecule has 0 heterocycles. The number of rotatable bonds is 12. The summed E-state index contributed by atoms with van der Waals surface area (Å²) in [6.07, 6.45) is 0. The van der Waals surface area contributed by atoms with E-state index in [1.165, 1.54) is 32.4 Å². The summed E-state index contributed by atoms with van der Waals surface area (Å²) in [5, 5.41) is 2.71. The summed E-state index contributed by atoms with van der Waals surface area (Å²) in [5.41, 5.74) is 1.32. The van der Waals surface area contributed by atoms with Gasteiger partial charge in [0.15, 0.2) is 23.0 Å². The second-order valence-electron chi connectivity index (χ2n) is 7.71. The topological polar surface area (TPSA) is 103 Å². The first kappa shape index (κ1) is 26.7. The first-order chi connectivity index (χ1) is 17.3. The van der Waals surface area contributed by atoms with Gasteiger partial charge in [-0.05, 0) is 43.3 Å². The molecule has 0 saturated carbocycles. The van der Waals surface area contributed by atoms with Gasteiger partial charge in [-0.1, -0.05) is 29.8 Å². The molecule has 0 spiro atoms. The van der Waals surface area contributed by atoms with Crippen molar-refractivity contribution in [1.29, 1.82) is 0 Å². The summed E-state index contributed by atoms with van der Waals surface area (Å²) >= 11 is 0. The third-order valence-corrected chi connectivity index (χ3v) is 7.07. The first-order valence-electron chi connectivity index (χ1n) is 11.1. The Hall–Kier alpha value is -3.92. The molecular formula is C26H30N2O7S. The largest absolute Gasteiger partial charge is 0.493 e. The molecule has 1 N–H and O–H groups in total. The minimum Gasteiger partial charge on any atom is -0.493 e. The van der Waals surface area contributed by atoms with E-state index in [4.69, 9.17) is 18.9 Å². The predicted octanol–water partition coefficient (Wildman–Crippen LogP) is 3.41. The molecule has 10 heteroatoms. The number of hydrogen-bond donors (Lipinski definition) is 1. The highest BCUT2D eigenvalue weighted by Crippen LogP contribution is 2.32. The van der Waals surface area contributed by atoms with Gasteiger partial charge >= 0.3 is 0 Å². The van der Waals surface area contributed by atoms with Crippen molar-refractivity contribution >= 4 is 21.6 Å². The molecule has 0 radical (unpaired) electrons. The lowest BCUT2D eigenvalue weighted by molar-refractivity contribution is -0.119. The number of para-hydroxylation sites is 2. The molecule has 0 fully saturated rings. The van der Waals surface area contributed by atoms with Crippen LogP contribution in [0.3, 0.4) is 0 Å². The Kier molecular flexibility index (Phi) is 9.02. The highest BCUT2D eigenvalue weighted by molar-refractivity contribution is 7.92. The van der Waals surface area contributed by atoms with E-state index in [0.29, 0.717) is 22.9 Å². The van der Waals surface area contributed by atoms with Gasteiger partial charge in [0.1, 0.15) is 13.2 Å². The van der Waals surface area contributed by atoms with Crippen molar-refractivity contribution in [2.45, 2.75) is 11.8 Å². The second-order valence-corrected chi connectivity index (χ2v) is 9.58. The number of nitrogens with one attached hydrogen (secondary N) is 1. The van der Waals surface area contributed by atoms with Crippen molar-refractivity contribution in [2.75, 3.05) is 45.3 Å². The fourth-order valence-electron chi connectivity index (χ4n) is 3.41. The van der Waals surface area contributed by atoms with Gasteiger partial charge in [0.25, 0.3) is 10.0 Å². The third kappa shape index (κ3) is 6.39. The minimum absolute atomic E-state index is 0.0342. The molecule has 192 valence electrons. The lowest BCUT2D eigenvalue weighted by Crippen LogP contribution is -2.42. The van der Waals surface area contributed by atoms with E-state index in [9.17, 15) is 13.2 Å². The molecule has 0 unspecified atom stereocenters. The number of amides is 1. The Bertz CT molecular complexity index is 1280. The Morgan fingerprint density at radius 1 is 0.833 bits per heavy atom. The number of hydrogen-bond acceptors (Lipinski definition) is 7. The van der Waals surface area contributed by atoms with Crippen molar-refractivity contribution in [3.8, 4) is 23.0 Å². The summed E-state index contributed by atoms with van der Waals surface area (Å²) in [6, 6.07) is 18.3. The number of aryl methyl sites for hydroxylation is 1. The van der Waals surface area contributed by atoms with Gasteiger partial charge in [0.05, 0.1) is 38.5 Å². The van der Waals surface area contributed by atoms with Crippen LogP contribution in [0, 0.1) is 6.92 Å². The van der Waals surface area contributed by atoms with E-state index in [0.717, 1.165) is 9.87 Å². The smallest absolute Gasteiger partial charge is 0.264 e. The van der Waals surface area contributed by atoms with Crippen LogP contribution in [0.4, 0.5) is 5.69 Å². The Morgan fingerprint density at radius 3 is 2.08 bits per heavy atom. The van der Waals surface area contributed by atoms with Crippen LogP contribution < -0.4 is 28.6 Å². The van der Waals surface area contributed by atoms with Crippen molar-refractivity contribution < 1.29 is 32.2 Å². The average Bonchev–Trinajstić information content (AvgIpc) is 2.90. The number of methoxy groups -OCH3 is 3. The lowest BCUT2D eigenvalue weighted by atomic mass is 10.2. The van der Waals surface area contributed by atoms with Crippen molar-refractivity contribution in [3.05, 3.63) is 72.3 Å². The summed E-state index contributed by atoms with van der Waals surface area (Å²) in [6.45, 7) is 1.83.